The summed E-state index contributed by atoms with van der Waals surface area (Å²) in [7, 11) is 5.73. The molecular weight excluding hydrogens is 230 g/mol. The molecule has 0 aliphatic heterocycles. The van der Waals surface area contributed by atoms with Crippen molar-refractivity contribution in [2.45, 2.75) is 0 Å². The highest BCUT2D eigenvalue weighted by atomic mass is 35.5. The molecule has 0 saturated heterocycles. The van der Waals surface area contributed by atoms with Gasteiger partial charge in [0.05, 0.1) is 0 Å². The van der Waals surface area contributed by atoms with Crippen LogP contribution in [0, 0.1) is 0 Å². The van der Waals surface area contributed by atoms with Crippen molar-refractivity contribution in [3.63, 3.8) is 0 Å². The Kier molecular flexibility index (Phi) is 5.00. The average molecular weight is 246 g/mol. The van der Waals surface area contributed by atoms with Crippen molar-refractivity contribution >= 4 is 29.6 Å². The third-order valence-electron chi connectivity index (χ3n) is 1.79. The zero-order chi connectivity index (χ0) is 12.0. The van der Waals surface area contributed by atoms with E-state index in [0.717, 1.165) is 13.1 Å². The van der Waals surface area contributed by atoms with Gasteiger partial charge in [0.1, 0.15) is 0 Å². The maximum atomic E-state index is 5.45. The van der Waals surface area contributed by atoms with Gasteiger partial charge >= 0.3 is 0 Å². The van der Waals surface area contributed by atoms with Gasteiger partial charge in [0, 0.05) is 31.9 Å². The van der Waals surface area contributed by atoms with Gasteiger partial charge in [-0.25, -0.2) is 0 Å². The maximum Gasteiger partial charge on any atom is 0.244 e. The van der Waals surface area contributed by atoms with Gasteiger partial charge in [0.2, 0.25) is 17.8 Å². The lowest BCUT2D eigenvalue weighted by atomic mass is 10.6. The van der Waals surface area contributed by atoms with Gasteiger partial charge in [0.15, 0.2) is 0 Å². The number of hydrogen-bond acceptors (Lipinski definition) is 7. The lowest BCUT2D eigenvalue weighted by Crippen LogP contribution is -2.21. The quantitative estimate of drug-likeness (QED) is 0.628. The molecule has 90 valence electrons. The fraction of sp³-hybridized carbons (Fsp3) is 0.625. The SMILES string of the molecule is CNc1nc(NCl)nc(NCCN(C)C)n1. The summed E-state index contributed by atoms with van der Waals surface area (Å²) in [5.74, 6) is 1.27. The van der Waals surface area contributed by atoms with Crippen LogP contribution in [0.15, 0.2) is 0 Å². The second kappa shape index (κ2) is 6.29. The van der Waals surface area contributed by atoms with Gasteiger partial charge in [0.25, 0.3) is 0 Å². The molecule has 0 spiro atoms. The number of hydrogen-bond donors (Lipinski definition) is 3. The minimum absolute atomic E-state index is 0.313. The molecule has 16 heavy (non-hydrogen) atoms. The first-order valence-corrected chi connectivity index (χ1v) is 5.22. The number of halogens is 1. The molecule has 0 bridgehead atoms. The Balaban J connectivity index is 2.64. The third kappa shape index (κ3) is 4.03. The smallest absolute Gasteiger partial charge is 0.244 e. The summed E-state index contributed by atoms with van der Waals surface area (Å²) < 4.78 is 0. The average Bonchev–Trinajstić information content (AvgIpc) is 2.28. The molecule has 1 aromatic rings. The molecule has 8 heteroatoms. The van der Waals surface area contributed by atoms with Crippen molar-refractivity contribution in [3.05, 3.63) is 0 Å². The normalized spacial score (nSPS) is 10.3. The molecule has 1 rings (SSSR count). The lowest BCUT2D eigenvalue weighted by Gasteiger charge is -2.11. The van der Waals surface area contributed by atoms with Crippen molar-refractivity contribution in [1.29, 1.82) is 0 Å². The minimum Gasteiger partial charge on any atom is -0.357 e. The Hall–Kier alpha value is -1.34. The van der Waals surface area contributed by atoms with E-state index in [1.807, 2.05) is 14.1 Å². The standard InChI is InChI=1S/C8H16ClN7/c1-10-6-12-7(11-4-5-16(2)3)14-8(13-6)15-9/h4-5H2,1-3H3,(H3,10,11,12,13,14,15). The highest BCUT2D eigenvalue weighted by molar-refractivity contribution is 6.23. The number of rotatable bonds is 6. The maximum absolute atomic E-state index is 5.45. The fourth-order valence-electron chi connectivity index (χ4n) is 1.00. The van der Waals surface area contributed by atoms with Gasteiger partial charge in [-0.3, -0.25) is 4.84 Å². The van der Waals surface area contributed by atoms with E-state index >= 15 is 0 Å². The summed E-state index contributed by atoms with van der Waals surface area (Å²) >= 11 is 5.45. The molecule has 7 nitrogen and oxygen atoms in total. The van der Waals surface area contributed by atoms with E-state index in [0.29, 0.717) is 17.8 Å². The van der Waals surface area contributed by atoms with Crippen LogP contribution in [0.1, 0.15) is 0 Å². The Morgan fingerprint density at radius 2 is 1.75 bits per heavy atom. The van der Waals surface area contributed by atoms with Crippen LogP contribution in [0.2, 0.25) is 0 Å². The molecule has 1 heterocycles. The van der Waals surface area contributed by atoms with E-state index in [1.165, 1.54) is 0 Å². The predicted molar refractivity (Wildman–Crippen MR) is 65.9 cm³/mol. The highest BCUT2D eigenvalue weighted by Crippen LogP contribution is 2.08. The van der Waals surface area contributed by atoms with Crippen LogP contribution >= 0.6 is 11.8 Å². The summed E-state index contributed by atoms with van der Waals surface area (Å²) in [4.78, 5) is 16.6. The Labute approximate surface area is 99.7 Å². The van der Waals surface area contributed by atoms with Crippen molar-refractivity contribution in [3.8, 4) is 0 Å². The van der Waals surface area contributed by atoms with Crippen molar-refractivity contribution < 1.29 is 0 Å². The lowest BCUT2D eigenvalue weighted by molar-refractivity contribution is 0.425. The predicted octanol–water partition coefficient (Wildman–Crippen LogP) is 0.452. The van der Waals surface area contributed by atoms with Crippen LogP contribution in [0.3, 0.4) is 0 Å². The monoisotopic (exact) mass is 245 g/mol. The van der Waals surface area contributed by atoms with Crippen LogP contribution in [0.4, 0.5) is 17.8 Å². The number of nitrogens with one attached hydrogen (secondary N) is 3. The number of likely N-dealkylation sites (N-methyl/N-ethyl adjacent to an activating group) is 1. The number of aromatic nitrogens is 3. The zero-order valence-electron chi connectivity index (χ0n) is 9.58. The molecule has 0 aliphatic rings. The topological polar surface area (TPSA) is 78.0 Å². The second-order valence-corrected chi connectivity index (χ2v) is 3.57. The molecule has 0 saturated carbocycles. The Bertz CT molecular complexity index is 308. The van der Waals surface area contributed by atoms with Crippen LogP contribution in [0.25, 0.3) is 0 Å². The number of nitrogens with zero attached hydrogens (tertiary/aromatic N) is 4. The third-order valence-corrected chi connectivity index (χ3v) is 1.95. The summed E-state index contributed by atoms with van der Waals surface area (Å²) in [6, 6.07) is 0. The van der Waals surface area contributed by atoms with Crippen LogP contribution in [-0.4, -0.2) is 54.1 Å². The molecule has 3 N–H and O–H groups in total. The van der Waals surface area contributed by atoms with E-state index in [9.17, 15) is 0 Å². The van der Waals surface area contributed by atoms with Crippen LogP contribution < -0.4 is 15.5 Å². The van der Waals surface area contributed by atoms with Gasteiger partial charge in [-0.2, -0.15) is 15.0 Å². The summed E-state index contributed by atoms with van der Waals surface area (Å²) in [6.45, 7) is 1.64. The van der Waals surface area contributed by atoms with E-state index in [4.69, 9.17) is 11.8 Å². The van der Waals surface area contributed by atoms with Gasteiger partial charge in [-0.05, 0) is 14.1 Å². The largest absolute Gasteiger partial charge is 0.357 e. The van der Waals surface area contributed by atoms with Crippen LogP contribution in [0.5, 0.6) is 0 Å². The zero-order valence-corrected chi connectivity index (χ0v) is 10.3. The summed E-state index contributed by atoms with van der Waals surface area (Å²) in [5.41, 5.74) is 0. The molecule has 0 aromatic carbocycles. The van der Waals surface area contributed by atoms with Gasteiger partial charge < -0.3 is 15.5 Å². The minimum atomic E-state index is 0.313. The molecule has 0 radical (unpaired) electrons. The molecule has 1 aromatic heterocycles. The first-order chi connectivity index (χ1) is 7.65. The van der Waals surface area contributed by atoms with Crippen molar-refractivity contribution in [2.24, 2.45) is 0 Å². The van der Waals surface area contributed by atoms with Crippen molar-refractivity contribution in [1.82, 2.24) is 19.9 Å². The van der Waals surface area contributed by atoms with Gasteiger partial charge in [-0.15, -0.1) is 0 Å². The first-order valence-electron chi connectivity index (χ1n) is 4.84. The van der Waals surface area contributed by atoms with Crippen molar-refractivity contribution in [2.75, 3.05) is 49.7 Å². The number of anilines is 3. The molecule has 0 atom stereocenters. The highest BCUT2D eigenvalue weighted by Gasteiger charge is 2.03. The molecular formula is C8H16ClN7. The van der Waals surface area contributed by atoms with E-state index in [2.05, 4.69) is 35.3 Å². The van der Waals surface area contributed by atoms with E-state index in [1.54, 1.807) is 7.05 Å². The molecule has 0 fully saturated rings. The Morgan fingerprint density at radius 1 is 1.12 bits per heavy atom. The fourth-order valence-corrected chi connectivity index (χ4v) is 1.08. The van der Waals surface area contributed by atoms with E-state index in [-0.39, 0.29) is 0 Å². The summed E-state index contributed by atoms with van der Waals surface area (Å²) in [5, 5.41) is 5.91. The van der Waals surface area contributed by atoms with Gasteiger partial charge in [-0.1, -0.05) is 0 Å². The molecule has 0 unspecified atom stereocenters. The molecule has 0 amide bonds. The van der Waals surface area contributed by atoms with E-state index < -0.39 is 0 Å². The van der Waals surface area contributed by atoms with Crippen LogP contribution in [-0.2, 0) is 0 Å². The first kappa shape index (κ1) is 12.7. The summed E-state index contributed by atoms with van der Waals surface area (Å²) in [6.07, 6.45) is 0. The second-order valence-electron chi connectivity index (χ2n) is 3.38. The molecule has 0 aliphatic carbocycles. The Morgan fingerprint density at radius 3 is 2.31 bits per heavy atom.